The fourth-order valence-electron chi connectivity index (χ4n) is 2.67. The lowest BCUT2D eigenvalue weighted by Crippen LogP contribution is -1.96. The summed E-state index contributed by atoms with van der Waals surface area (Å²) in [6.07, 6.45) is 0. The second-order valence-electron chi connectivity index (χ2n) is 5.89. The van der Waals surface area contributed by atoms with Gasteiger partial charge in [-0.25, -0.2) is 14.4 Å². The van der Waals surface area contributed by atoms with Gasteiger partial charge in [0, 0.05) is 6.07 Å². The van der Waals surface area contributed by atoms with Crippen LogP contribution < -0.4 is 9.47 Å². The van der Waals surface area contributed by atoms with E-state index in [0.717, 1.165) is 0 Å². The summed E-state index contributed by atoms with van der Waals surface area (Å²) in [6, 6.07) is 17.3. The Bertz CT molecular complexity index is 1100. The predicted octanol–water partition coefficient (Wildman–Crippen LogP) is 4.28. The Morgan fingerprint density at radius 3 is 1.96 bits per heavy atom. The molecule has 0 spiro atoms. The average Bonchev–Trinajstić information content (AvgIpc) is 2.96. The highest BCUT2D eigenvalue weighted by atomic mass is 16.6. The first-order chi connectivity index (χ1) is 13.5. The van der Waals surface area contributed by atoms with Crippen LogP contribution >= 0.6 is 0 Å². The Morgan fingerprint density at radius 1 is 0.714 bits per heavy atom. The van der Waals surface area contributed by atoms with E-state index in [1.807, 2.05) is 0 Å². The molecule has 0 amide bonds. The number of rotatable bonds is 5. The third-order valence-corrected chi connectivity index (χ3v) is 3.99. The summed E-state index contributed by atoms with van der Waals surface area (Å²) < 4.78 is 16.0. The minimum Gasteiger partial charge on any atom is -0.478 e. The maximum Gasteiger partial charge on any atom is 0.347 e. The van der Waals surface area contributed by atoms with Crippen LogP contribution in [0, 0.1) is 0 Å². The first kappa shape index (κ1) is 17.3. The Kier molecular flexibility index (Phi) is 4.25. The number of hydrogen-bond acceptors (Lipinski definition) is 6. The summed E-state index contributed by atoms with van der Waals surface area (Å²) in [4.78, 5) is 34.0. The third-order valence-electron chi connectivity index (χ3n) is 3.99. The summed E-state index contributed by atoms with van der Waals surface area (Å²) in [5.74, 6) is -0.604. The molecule has 0 aliphatic carbocycles. The van der Waals surface area contributed by atoms with E-state index in [1.54, 1.807) is 42.5 Å². The highest BCUT2D eigenvalue weighted by molar-refractivity contribution is 6.14. The van der Waals surface area contributed by atoms with Crippen LogP contribution in [0.3, 0.4) is 0 Å². The normalized spacial score (nSPS) is 12.3. The van der Waals surface area contributed by atoms with E-state index in [4.69, 9.17) is 14.6 Å². The van der Waals surface area contributed by atoms with Crippen LogP contribution in [0.5, 0.6) is 23.0 Å². The van der Waals surface area contributed by atoms with Gasteiger partial charge in [0.05, 0.1) is 16.7 Å². The van der Waals surface area contributed by atoms with Crippen molar-refractivity contribution in [3.63, 3.8) is 0 Å². The molecule has 4 rings (SSSR count). The largest absolute Gasteiger partial charge is 0.478 e. The van der Waals surface area contributed by atoms with Crippen LogP contribution in [0.15, 0.2) is 66.7 Å². The molecule has 0 bridgehead atoms. The van der Waals surface area contributed by atoms with Crippen molar-refractivity contribution >= 4 is 17.9 Å². The highest BCUT2D eigenvalue weighted by Gasteiger charge is 2.29. The average molecular weight is 376 g/mol. The number of carbonyl (C=O) groups is 3. The number of hydrogen-bond donors (Lipinski definition) is 1. The molecule has 0 aromatic heterocycles. The van der Waals surface area contributed by atoms with E-state index in [0.29, 0.717) is 23.0 Å². The number of ether oxygens (including phenoxy) is 3. The lowest BCUT2D eigenvalue weighted by Gasteiger charge is -2.09. The van der Waals surface area contributed by atoms with E-state index >= 15 is 0 Å². The molecular formula is C21H12O7. The van der Waals surface area contributed by atoms with Crippen LogP contribution in [0.2, 0.25) is 0 Å². The van der Waals surface area contributed by atoms with Gasteiger partial charge in [0.25, 0.3) is 0 Å². The first-order valence-corrected chi connectivity index (χ1v) is 8.19. The Labute approximate surface area is 158 Å². The Hall–Kier alpha value is -4.13. The van der Waals surface area contributed by atoms with E-state index in [-0.39, 0.29) is 16.7 Å². The Balaban J connectivity index is 1.51. The minimum absolute atomic E-state index is 0.161. The van der Waals surface area contributed by atoms with Crippen molar-refractivity contribution in [1.82, 2.24) is 0 Å². The molecule has 1 aliphatic heterocycles. The van der Waals surface area contributed by atoms with E-state index < -0.39 is 17.9 Å². The second kappa shape index (κ2) is 6.88. The standard InChI is InChI=1S/C21H12O7/c22-19(23)12-4-6-13(7-5-12)26-14-2-1-3-15(10-14)27-16-8-9-17-18(11-16)21(25)28-20(17)24/h1-11H,(H,22,23). The molecule has 0 fully saturated rings. The molecule has 0 atom stereocenters. The Morgan fingerprint density at radius 2 is 1.29 bits per heavy atom. The van der Waals surface area contributed by atoms with Gasteiger partial charge in [0.1, 0.15) is 23.0 Å². The number of benzene rings is 3. The second-order valence-corrected chi connectivity index (χ2v) is 5.89. The van der Waals surface area contributed by atoms with Gasteiger partial charge in [-0.05, 0) is 54.6 Å². The molecule has 0 unspecified atom stereocenters. The van der Waals surface area contributed by atoms with E-state index in [9.17, 15) is 14.4 Å². The number of cyclic esters (lactones) is 2. The van der Waals surface area contributed by atoms with Crippen LogP contribution in [-0.2, 0) is 4.74 Å². The number of esters is 2. The monoisotopic (exact) mass is 376 g/mol. The molecule has 3 aromatic rings. The molecule has 7 nitrogen and oxygen atoms in total. The maximum atomic E-state index is 11.6. The van der Waals surface area contributed by atoms with Gasteiger partial charge >= 0.3 is 17.9 Å². The van der Waals surface area contributed by atoms with Gasteiger partial charge in [-0.2, -0.15) is 0 Å². The fraction of sp³-hybridized carbons (Fsp3) is 0. The molecule has 1 heterocycles. The van der Waals surface area contributed by atoms with Crippen molar-refractivity contribution in [3.05, 3.63) is 83.4 Å². The molecule has 0 radical (unpaired) electrons. The van der Waals surface area contributed by atoms with Crippen LogP contribution in [-0.4, -0.2) is 23.0 Å². The van der Waals surface area contributed by atoms with Gasteiger partial charge in [-0.3, -0.25) is 0 Å². The molecule has 7 heteroatoms. The number of carboxylic acid groups (broad SMARTS) is 1. The molecule has 0 saturated carbocycles. The zero-order valence-corrected chi connectivity index (χ0v) is 14.2. The molecule has 0 saturated heterocycles. The summed E-state index contributed by atoms with van der Waals surface area (Å²) >= 11 is 0. The van der Waals surface area contributed by atoms with Gasteiger partial charge in [0.15, 0.2) is 0 Å². The summed E-state index contributed by atoms with van der Waals surface area (Å²) in [5, 5.41) is 8.93. The van der Waals surface area contributed by atoms with Crippen molar-refractivity contribution in [2.75, 3.05) is 0 Å². The van der Waals surface area contributed by atoms with Crippen molar-refractivity contribution in [3.8, 4) is 23.0 Å². The minimum atomic E-state index is -1.01. The SMILES string of the molecule is O=C(O)c1ccc(Oc2cccc(Oc3ccc4c(c3)C(=O)OC4=O)c2)cc1. The van der Waals surface area contributed by atoms with Crippen molar-refractivity contribution in [2.24, 2.45) is 0 Å². The molecule has 1 aliphatic rings. The van der Waals surface area contributed by atoms with Gasteiger partial charge in [0.2, 0.25) is 0 Å². The first-order valence-electron chi connectivity index (χ1n) is 8.19. The van der Waals surface area contributed by atoms with Crippen LogP contribution in [0.25, 0.3) is 0 Å². The van der Waals surface area contributed by atoms with Gasteiger partial charge < -0.3 is 19.3 Å². The van der Waals surface area contributed by atoms with Gasteiger partial charge in [-0.15, -0.1) is 0 Å². The van der Waals surface area contributed by atoms with E-state index in [1.165, 1.54) is 24.3 Å². The molecular weight excluding hydrogens is 364 g/mol. The predicted molar refractivity (Wildman–Crippen MR) is 96.2 cm³/mol. The smallest absolute Gasteiger partial charge is 0.347 e. The zero-order valence-electron chi connectivity index (χ0n) is 14.2. The summed E-state index contributed by atoms with van der Waals surface area (Å²) in [5.41, 5.74) is 0.533. The van der Waals surface area contributed by atoms with Crippen molar-refractivity contribution in [1.29, 1.82) is 0 Å². The van der Waals surface area contributed by atoms with Crippen LogP contribution in [0.4, 0.5) is 0 Å². The molecule has 3 aromatic carbocycles. The summed E-state index contributed by atoms with van der Waals surface area (Å²) in [7, 11) is 0. The lowest BCUT2D eigenvalue weighted by molar-refractivity contribution is 0.0443. The highest BCUT2D eigenvalue weighted by Crippen LogP contribution is 2.31. The summed E-state index contributed by atoms with van der Waals surface area (Å²) in [6.45, 7) is 0. The number of carbonyl (C=O) groups excluding carboxylic acids is 2. The van der Waals surface area contributed by atoms with Gasteiger partial charge in [-0.1, -0.05) is 6.07 Å². The fourth-order valence-corrected chi connectivity index (χ4v) is 2.67. The zero-order chi connectivity index (χ0) is 19.7. The van der Waals surface area contributed by atoms with Crippen molar-refractivity contribution < 1.29 is 33.7 Å². The number of aromatic carboxylic acids is 1. The number of carboxylic acids is 1. The number of fused-ring (bicyclic) bond motifs is 1. The maximum absolute atomic E-state index is 11.6. The quantitative estimate of drug-likeness (QED) is 0.524. The molecule has 1 N–H and O–H groups in total. The molecule has 28 heavy (non-hydrogen) atoms. The third kappa shape index (κ3) is 3.41. The van der Waals surface area contributed by atoms with E-state index in [2.05, 4.69) is 4.74 Å². The topological polar surface area (TPSA) is 99.1 Å². The molecule has 138 valence electrons. The van der Waals surface area contributed by atoms with Crippen LogP contribution in [0.1, 0.15) is 31.1 Å². The van der Waals surface area contributed by atoms with Crippen molar-refractivity contribution in [2.45, 2.75) is 0 Å². The lowest BCUT2D eigenvalue weighted by atomic mass is 10.1.